The van der Waals surface area contributed by atoms with Crippen LogP contribution in [0.2, 0.25) is 5.15 Å². The van der Waals surface area contributed by atoms with Crippen molar-refractivity contribution in [2.75, 3.05) is 11.6 Å². The van der Waals surface area contributed by atoms with Gasteiger partial charge in [-0.05, 0) is 5.92 Å². The molecule has 0 aliphatic carbocycles. The topological polar surface area (TPSA) is 51.8 Å². The molecule has 0 fully saturated rings. The monoisotopic (exact) mass is 215 g/mol. The smallest absolute Gasteiger partial charge is 0.158 e. The molecule has 0 radical (unpaired) electrons. The normalized spacial score (nSPS) is 9.08. The van der Waals surface area contributed by atoms with Crippen LogP contribution < -0.4 is 5.73 Å². The first-order valence-corrected chi connectivity index (χ1v) is 4.48. The van der Waals surface area contributed by atoms with Crippen molar-refractivity contribution in [1.82, 2.24) is 9.97 Å². The van der Waals surface area contributed by atoms with Crippen molar-refractivity contribution in [3.8, 4) is 11.8 Å². The summed E-state index contributed by atoms with van der Waals surface area (Å²) in [6.45, 7) is 0. The largest absolute Gasteiger partial charge is 0.381 e. The first-order chi connectivity index (χ1) is 6.24. The fourth-order valence-corrected chi connectivity index (χ4v) is 0.890. The maximum absolute atomic E-state index is 5.61. The predicted octanol–water partition coefficient (Wildman–Crippen LogP) is 1.69. The van der Waals surface area contributed by atoms with E-state index in [0.717, 1.165) is 0 Å². The number of nitrogens with zero attached hydrogens (tertiary/aromatic N) is 2. The number of alkyl halides is 1. The Balaban J connectivity index is 2.89. The average molecular weight is 216 g/mol. The molecule has 0 atom stereocenters. The fraction of sp³-hybridized carbons (Fsp3) is 0.250. The third-order valence-electron chi connectivity index (χ3n) is 1.20. The van der Waals surface area contributed by atoms with Gasteiger partial charge >= 0.3 is 0 Å². The van der Waals surface area contributed by atoms with Gasteiger partial charge in [-0.3, -0.25) is 0 Å². The van der Waals surface area contributed by atoms with E-state index in [4.69, 9.17) is 28.9 Å². The minimum atomic E-state index is 0.282. The van der Waals surface area contributed by atoms with Crippen molar-refractivity contribution >= 4 is 29.0 Å². The number of hydrogen-bond donors (Lipinski definition) is 1. The molecule has 0 saturated heterocycles. The molecule has 1 aromatic heterocycles. The Kier molecular flexibility index (Phi) is 3.81. The third kappa shape index (κ3) is 3.10. The predicted molar refractivity (Wildman–Crippen MR) is 53.7 cm³/mol. The van der Waals surface area contributed by atoms with E-state index in [9.17, 15) is 0 Å². The Labute approximate surface area is 86.3 Å². The molecule has 3 nitrogen and oxygen atoms in total. The van der Waals surface area contributed by atoms with Crippen LogP contribution in [0.4, 0.5) is 5.82 Å². The van der Waals surface area contributed by atoms with Crippen LogP contribution in [0.15, 0.2) is 6.20 Å². The van der Waals surface area contributed by atoms with E-state index in [-0.39, 0.29) is 11.0 Å². The van der Waals surface area contributed by atoms with Crippen LogP contribution in [0.25, 0.3) is 0 Å². The van der Waals surface area contributed by atoms with Gasteiger partial charge in [-0.1, -0.05) is 17.5 Å². The second-order valence-electron chi connectivity index (χ2n) is 2.17. The highest BCUT2D eigenvalue weighted by atomic mass is 35.5. The molecule has 1 rings (SSSR count). The lowest BCUT2D eigenvalue weighted by molar-refractivity contribution is 1.18. The van der Waals surface area contributed by atoms with Gasteiger partial charge in [0.05, 0.1) is 6.20 Å². The van der Waals surface area contributed by atoms with Gasteiger partial charge in [0.15, 0.2) is 11.5 Å². The van der Waals surface area contributed by atoms with Crippen molar-refractivity contribution in [2.45, 2.75) is 6.42 Å². The fourth-order valence-electron chi connectivity index (χ4n) is 0.662. The lowest BCUT2D eigenvalue weighted by Crippen LogP contribution is -1.97. The Morgan fingerprint density at radius 3 is 3.00 bits per heavy atom. The molecular weight excluding hydrogens is 209 g/mol. The van der Waals surface area contributed by atoms with Crippen LogP contribution in [0, 0.1) is 11.8 Å². The summed E-state index contributed by atoms with van der Waals surface area (Å²) in [4.78, 5) is 7.71. The first-order valence-electron chi connectivity index (χ1n) is 3.57. The van der Waals surface area contributed by atoms with Crippen LogP contribution in [0.5, 0.6) is 0 Å². The SMILES string of the molecule is Nc1ncc(Cl)nc1C#CCCCl. The van der Waals surface area contributed by atoms with Crippen LogP contribution in [-0.4, -0.2) is 15.8 Å². The second-order valence-corrected chi connectivity index (χ2v) is 2.93. The molecule has 5 heteroatoms. The molecule has 13 heavy (non-hydrogen) atoms. The number of hydrogen-bond acceptors (Lipinski definition) is 3. The van der Waals surface area contributed by atoms with Gasteiger partial charge in [0, 0.05) is 12.3 Å². The molecule has 2 N–H and O–H groups in total. The number of halogens is 2. The molecule has 0 amide bonds. The van der Waals surface area contributed by atoms with Crippen molar-refractivity contribution in [3.05, 3.63) is 17.0 Å². The highest BCUT2D eigenvalue weighted by Crippen LogP contribution is 2.08. The summed E-state index contributed by atoms with van der Waals surface area (Å²) in [5, 5.41) is 0.282. The molecule has 0 saturated carbocycles. The highest BCUT2D eigenvalue weighted by Gasteiger charge is 1.98. The van der Waals surface area contributed by atoms with E-state index in [2.05, 4.69) is 21.8 Å². The van der Waals surface area contributed by atoms with Gasteiger partial charge in [-0.15, -0.1) is 11.6 Å². The highest BCUT2D eigenvalue weighted by molar-refractivity contribution is 6.29. The lowest BCUT2D eigenvalue weighted by atomic mass is 10.4. The molecule has 0 unspecified atom stereocenters. The number of anilines is 1. The minimum Gasteiger partial charge on any atom is -0.381 e. The van der Waals surface area contributed by atoms with Crippen LogP contribution >= 0.6 is 23.2 Å². The summed E-state index contributed by atoms with van der Waals surface area (Å²) >= 11 is 11.0. The number of aromatic nitrogens is 2. The number of rotatable bonds is 1. The Hall–Kier alpha value is -0.980. The third-order valence-corrected chi connectivity index (χ3v) is 1.57. The summed E-state index contributed by atoms with van der Waals surface area (Å²) in [6.07, 6.45) is 1.97. The zero-order chi connectivity index (χ0) is 9.68. The Bertz CT molecular complexity index is 354. The van der Waals surface area contributed by atoms with Gasteiger partial charge in [0.25, 0.3) is 0 Å². The van der Waals surface area contributed by atoms with Gasteiger partial charge in [0.1, 0.15) is 5.15 Å². The molecule has 0 bridgehead atoms. The van der Waals surface area contributed by atoms with E-state index >= 15 is 0 Å². The van der Waals surface area contributed by atoms with E-state index < -0.39 is 0 Å². The standard InChI is InChI=1S/C8H7Cl2N3/c9-4-2-1-3-6-8(11)12-5-7(10)13-6/h5H,2,4H2,(H2,11,12). The average Bonchev–Trinajstić information content (AvgIpc) is 2.11. The molecule has 1 heterocycles. The molecular formula is C8H7Cl2N3. The summed E-state index contributed by atoms with van der Waals surface area (Å²) < 4.78 is 0. The quantitative estimate of drug-likeness (QED) is 0.574. The zero-order valence-electron chi connectivity index (χ0n) is 6.72. The maximum atomic E-state index is 5.61. The molecule has 0 aliphatic heterocycles. The summed E-state index contributed by atoms with van der Waals surface area (Å²) in [5.74, 6) is 6.30. The number of nitrogens with two attached hydrogens (primary N) is 1. The minimum absolute atomic E-state index is 0.282. The molecule has 0 spiro atoms. The second kappa shape index (κ2) is 4.90. The van der Waals surface area contributed by atoms with Gasteiger partial charge in [-0.25, -0.2) is 9.97 Å². The lowest BCUT2D eigenvalue weighted by Gasteiger charge is -1.95. The van der Waals surface area contributed by atoms with Crippen molar-refractivity contribution in [1.29, 1.82) is 0 Å². The summed E-state index contributed by atoms with van der Waals surface area (Å²) in [6, 6.07) is 0. The number of nitrogen functional groups attached to an aromatic ring is 1. The van der Waals surface area contributed by atoms with Gasteiger partial charge < -0.3 is 5.73 Å². The van der Waals surface area contributed by atoms with Crippen LogP contribution in [0.3, 0.4) is 0 Å². The van der Waals surface area contributed by atoms with E-state index in [1.165, 1.54) is 6.20 Å². The summed E-state index contributed by atoms with van der Waals surface area (Å²) in [5.41, 5.74) is 5.90. The maximum Gasteiger partial charge on any atom is 0.158 e. The summed E-state index contributed by atoms with van der Waals surface area (Å²) in [7, 11) is 0. The van der Waals surface area contributed by atoms with Gasteiger partial charge in [0.2, 0.25) is 0 Å². The van der Waals surface area contributed by atoms with E-state index in [1.54, 1.807) is 0 Å². The van der Waals surface area contributed by atoms with Crippen molar-refractivity contribution < 1.29 is 0 Å². The molecule has 0 aliphatic rings. The first kappa shape index (κ1) is 10.1. The Morgan fingerprint density at radius 2 is 2.31 bits per heavy atom. The van der Waals surface area contributed by atoms with E-state index in [0.29, 0.717) is 18.0 Å². The van der Waals surface area contributed by atoms with Crippen molar-refractivity contribution in [3.63, 3.8) is 0 Å². The van der Waals surface area contributed by atoms with Crippen LogP contribution in [-0.2, 0) is 0 Å². The van der Waals surface area contributed by atoms with E-state index in [1.807, 2.05) is 0 Å². The van der Waals surface area contributed by atoms with Crippen molar-refractivity contribution in [2.24, 2.45) is 0 Å². The Morgan fingerprint density at radius 1 is 1.54 bits per heavy atom. The molecule has 1 aromatic rings. The zero-order valence-corrected chi connectivity index (χ0v) is 8.23. The molecule has 0 aromatic carbocycles. The molecule has 68 valence electrons. The van der Waals surface area contributed by atoms with Gasteiger partial charge in [-0.2, -0.15) is 0 Å². The van der Waals surface area contributed by atoms with Crippen LogP contribution in [0.1, 0.15) is 12.1 Å².